The summed E-state index contributed by atoms with van der Waals surface area (Å²) in [6.45, 7) is 6.81. The molecule has 0 spiro atoms. The van der Waals surface area contributed by atoms with Gasteiger partial charge in [0.2, 0.25) is 10.0 Å². The summed E-state index contributed by atoms with van der Waals surface area (Å²) in [5.41, 5.74) is 2.19. The summed E-state index contributed by atoms with van der Waals surface area (Å²) in [6.07, 6.45) is 3.77. The van der Waals surface area contributed by atoms with Crippen LogP contribution in [0.4, 0.5) is 5.69 Å². The van der Waals surface area contributed by atoms with Crippen molar-refractivity contribution in [2.75, 3.05) is 18.4 Å². The second kappa shape index (κ2) is 9.38. The van der Waals surface area contributed by atoms with E-state index in [9.17, 15) is 8.42 Å². The molecule has 0 aliphatic rings. The van der Waals surface area contributed by atoms with Crippen LogP contribution in [0.1, 0.15) is 45.6 Å². The topological polar surface area (TPSA) is 58.2 Å². The first kappa shape index (κ1) is 19.3. The molecule has 126 valence electrons. The minimum Gasteiger partial charge on any atom is -0.384 e. The average molecular weight is 347 g/mol. The maximum absolute atomic E-state index is 11.6. The summed E-state index contributed by atoms with van der Waals surface area (Å²) in [4.78, 5) is 0. The number of rotatable bonds is 10. The van der Waals surface area contributed by atoms with Crippen LogP contribution in [0, 0.1) is 0 Å². The Hall–Kier alpha value is -0.780. The molecule has 0 aromatic heterocycles. The van der Waals surface area contributed by atoms with Gasteiger partial charge in [-0.25, -0.2) is 13.1 Å². The molecule has 4 nitrogen and oxygen atoms in total. The Morgan fingerprint density at radius 3 is 2.41 bits per heavy atom. The van der Waals surface area contributed by atoms with Gasteiger partial charge in [-0.15, -0.1) is 0 Å². The van der Waals surface area contributed by atoms with Gasteiger partial charge >= 0.3 is 0 Å². The van der Waals surface area contributed by atoms with Crippen molar-refractivity contribution in [3.63, 3.8) is 0 Å². The molecule has 0 bridgehead atoms. The summed E-state index contributed by atoms with van der Waals surface area (Å²) >= 11 is 6.21. The zero-order chi connectivity index (χ0) is 16.6. The van der Waals surface area contributed by atoms with Gasteiger partial charge in [-0.05, 0) is 50.8 Å². The highest BCUT2D eigenvalue weighted by Crippen LogP contribution is 2.23. The molecule has 6 heteroatoms. The summed E-state index contributed by atoms with van der Waals surface area (Å²) in [5, 5.41) is 3.70. The maximum Gasteiger partial charge on any atom is 0.213 e. The molecular weight excluding hydrogens is 320 g/mol. The number of benzene rings is 1. The SMILES string of the molecule is CCc1ccc(NCCCCCNS(=O)(=O)C(C)C)c(Cl)c1. The Kier molecular flexibility index (Phi) is 8.21. The summed E-state index contributed by atoms with van der Waals surface area (Å²) in [5.74, 6) is 0. The lowest BCUT2D eigenvalue weighted by atomic mass is 10.1. The van der Waals surface area contributed by atoms with E-state index in [0.717, 1.165) is 42.9 Å². The Bertz CT molecular complexity index is 559. The number of sulfonamides is 1. The third-order valence-electron chi connectivity index (χ3n) is 3.53. The van der Waals surface area contributed by atoms with E-state index >= 15 is 0 Å². The van der Waals surface area contributed by atoms with Gasteiger partial charge in [0, 0.05) is 13.1 Å². The van der Waals surface area contributed by atoms with Crippen molar-refractivity contribution in [3.8, 4) is 0 Å². The van der Waals surface area contributed by atoms with Crippen LogP contribution >= 0.6 is 11.6 Å². The number of nitrogens with one attached hydrogen (secondary N) is 2. The van der Waals surface area contributed by atoms with Crippen LogP contribution in [-0.4, -0.2) is 26.8 Å². The van der Waals surface area contributed by atoms with Gasteiger partial charge in [-0.1, -0.05) is 31.0 Å². The fourth-order valence-electron chi connectivity index (χ4n) is 1.95. The number of aryl methyl sites for hydroxylation is 1. The number of anilines is 1. The minimum absolute atomic E-state index is 0.373. The van der Waals surface area contributed by atoms with Crippen molar-refractivity contribution in [1.82, 2.24) is 4.72 Å². The highest BCUT2D eigenvalue weighted by molar-refractivity contribution is 7.90. The molecule has 0 unspecified atom stereocenters. The van der Waals surface area contributed by atoms with Crippen LogP contribution in [0.3, 0.4) is 0 Å². The van der Waals surface area contributed by atoms with E-state index < -0.39 is 10.0 Å². The van der Waals surface area contributed by atoms with E-state index in [1.807, 2.05) is 12.1 Å². The Balaban J connectivity index is 2.19. The quantitative estimate of drug-likeness (QED) is 0.633. The highest BCUT2D eigenvalue weighted by atomic mass is 35.5. The fraction of sp³-hybridized carbons (Fsp3) is 0.625. The molecule has 0 saturated carbocycles. The predicted octanol–water partition coefficient (Wildman–Crippen LogP) is 3.81. The fourth-order valence-corrected chi connectivity index (χ4v) is 2.98. The monoisotopic (exact) mass is 346 g/mol. The largest absolute Gasteiger partial charge is 0.384 e. The molecule has 0 atom stereocenters. The van der Waals surface area contributed by atoms with Gasteiger partial charge in [-0.3, -0.25) is 0 Å². The molecule has 1 aromatic rings. The van der Waals surface area contributed by atoms with E-state index in [1.54, 1.807) is 13.8 Å². The lowest BCUT2D eigenvalue weighted by Gasteiger charge is -2.10. The van der Waals surface area contributed by atoms with Crippen LogP contribution in [0.5, 0.6) is 0 Å². The highest BCUT2D eigenvalue weighted by Gasteiger charge is 2.13. The predicted molar refractivity (Wildman–Crippen MR) is 95.2 cm³/mol. The molecule has 0 aliphatic carbocycles. The lowest BCUT2D eigenvalue weighted by molar-refractivity contribution is 0.566. The molecule has 22 heavy (non-hydrogen) atoms. The van der Waals surface area contributed by atoms with E-state index in [1.165, 1.54) is 5.56 Å². The number of hydrogen-bond acceptors (Lipinski definition) is 3. The summed E-state index contributed by atoms with van der Waals surface area (Å²) in [7, 11) is -3.13. The van der Waals surface area contributed by atoms with Crippen molar-refractivity contribution in [2.24, 2.45) is 0 Å². The molecule has 1 rings (SSSR count). The van der Waals surface area contributed by atoms with E-state index in [0.29, 0.717) is 6.54 Å². The third-order valence-corrected chi connectivity index (χ3v) is 5.70. The second-order valence-corrected chi connectivity index (χ2v) is 8.37. The smallest absolute Gasteiger partial charge is 0.213 e. The molecule has 0 aliphatic heterocycles. The molecule has 0 radical (unpaired) electrons. The van der Waals surface area contributed by atoms with Gasteiger partial charge in [0.25, 0.3) is 0 Å². The third kappa shape index (κ3) is 6.55. The van der Waals surface area contributed by atoms with Crippen LogP contribution < -0.4 is 10.0 Å². The van der Waals surface area contributed by atoms with Crippen molar-refractivity contribution >= 4 is 27.3 Å². The standard InChI is InChI=1S/C16H27ClN2O2S/c1-4-14-8-9-16(15(17)12-14)18-10-6-5-7-11-19-22(20,21)13(2)3/h8-9,12-13,18-19H,4-7,10-11H2,1-3H3. The first-order valence-corrected chi connectivity index (χ1v) is 9.80. The molecule has 0 fully saturated rings. The van der Waals surface area contributed by atoms with Crippen LogP contribution in [0.2, 0.25) is 5.02 Å². The Morgan fingerprint density at radius 2 is 1.82 bits per heavy atom. The molecule has 1 aromatic carbocycles. The summed E-state index contributed by atoms with van der Waals surface area (Å²) in [6, 6.07) is 6.08. The molecular formula is C16H27ClN2O2S. The average Bonchev–Trinajstić information content (AvgIpc) is 2.47. The number of unbranched alkanes of at least 4 members (excludes halogenated alkanes) is 2. The Labute approximate surface area is 139 Å². The number of hydrogen-bond donors (Lipinski definition) is 2. The first-order chi connectivity index (χ1) is 10.4. The molecule has 0 heterocycles. The van der Waals surface area contributed by atoms with Crippen molar-refractivity contribution in [2.45, 2.75) is 51.7 Å². The first-order valence-electron chi connectivity index (χ1n) is 7.87. The van der Waals surface area contributed by atoms with Crippen molar-refractivity contribution in [1.29, 1.82) is 0 Å². The van der Waals surface area contributed by atoms with Gasteiger partial charge in [-0.2, -0.15) is 0 Å². The van der Waals surface area contributed by atoms with Gasteiger partial charge in [0.1, 0.15) is 0 Å². The van der Waals surface area contributed by atoms with Crippen LogP contribution in [0.25, 0.3) is 0 Å². The van der Waals surface area contributed by atoms with E-state index in [-0.39, 0.29) is 5.25 Å². The second-order valence-electron chi connectivity index (χ2n) is 5.64. The van der Waals surface area contributed by atoms with Crippen LogP contribution in [0.15, 0.2) is 18.2 Å². The van der Waals surface area contributed by atoms with Crippen molar-refractivity contribution < 1.29 is 8.42 Å². The van der Waals surface area contributed by atoms with E-state index in [4.69, 9.17) is 11.6 Å². The van der Waals surface area contributed by atoms with Gasteiger partial charge < -0.3 is 5.32 Å². The van der Waals surface area contributed by atoms with Gasteiger partial charge in [0.05, 0.1) is 16.0 Å². The van der Waals surface area contributed by atoms with Crippen molar-refractivity contribution in [3.05, 3.63) is 28.8 Å². The maximum atomic E-state index is 11.6. The molecule has 0 saturated heterocycles. The van der Waals surface area contributed by atoms with E-state index in [2.05, 4.69) is 23.0 Å². The molecule has 0 amide bonds. The Morgan fingerprint density at radius 1 is 1.14 bits per heavy atom. The zero-order valence-corrected chi connectivity index (χ0v) is 15.2. The zero-order valence-electron chi connectivity index (χ0n) is 13.7. The van der Waals surface area contributed by atoms with Gasteiger partial charge in [0.15, 0.2) is 0 Å². The summed E-state index contributed by atoms with van der Waals surface area (Å²) < 4.78 is 25.7. The van der Waals surface area contributed by atoms with Crippen LogP contribution in [-0.2, 0) is 16.4 Å². The lowest BCUT2D eigenvalue weighted by Crippen LogP contribution is -2.31. The minimum atomic E-state index is -3.13. The normalized spacial score (nSPS) is 11.9. The molecule has 2 N–H and O–H groups in total. The number of halogens is 1.